The predicted molar refractivity (Wildman–Crippen MR) is 83.7 cm³/mol. The van der Waals surface area contributed by atoms with Gasteiger partial charge in [-0.3, -0.25) is 4.79 Å². The Morgan fingerprint density at radius 3 is 2.83 bits per heavy atom. The molecule has 0 unspecified atom stereocenters. The maximum absolute atomic E-state index is 12.4. The molecule has 23 heavy (non-hydrogen) atoms. The van der Waals surface area contributed by atoms with E-state index in [1.807, 2.05) is 19.1 Å². The second-order valence-electron chi connectivity index (χ2n) is 5.87. The lowest BCUT2D eigenvalue weighted by Crippen LogP contribution is -2.46. The quantitative estimate of drug-likeness (QED) is 0.884. The van der Waals surface area contributed by atoms with Crippen LogP contribution < -0.4 is 14.8 Å². The second kappa shape index (κ2) is 6.01. The van der Waals surface area contributed by atoms with Gasteiger partial charge in [0.1, 0.15) is 6.04 Å². The molecule has 0 bridgehead atoms. The number of nitrogens with one attached hydrogen (secondary N) is 1. The Balaban J connectivity index is 1.70. The molecule has 3 rings (SSSR count). The number of rotatable bonds is 4. The van der Waals surface area contributed by atoms with E-state index in [0.29, 0.717) is 30.9 Å². The second-order valence-corrected chi connectivity index (χ2v) is 7.81. The van der Waals surface area contributed by atoms with Gasteiger partial charge in [-0.2, -0.15) is 4.31 Å². The van der Waals surface area contributed by atoms with Crippen molar-refractivity contribution >= 4 is 15.9 Å². The van der Waals surface area contributed by atoms with Crippen LogP contribution in [0.4, 0.5) is 0 Å². The lowest BCUT2D eigenvalue weighted by Gasteiger charge is -2.23. The van der Waals surface area contributed by atoms with Crippen LogP contribution in [-0.4, -0.2) is 44.3 Å². The normalized spacial score (nSPS) is 22.1. The van der Waals surface area contributed by atoms with Crippen LogP contribution >= 0.6 is 0 Å². The molecule has 1 aromatic rings. The Hall–Kier alpha value is -1.80. The molecule has 0 radical (unpaired) electrons. The summed E-state index contributed by atoms with van der Waals surface area (Å²) in [5.41, 5.74) is 0.881. The zero-order chi connectivity index (χ0) is 16.6. The number of hydrogen-bond donors (Lipinski definition) is 1. The van der Waals surface area contributed by atoms with Gasteiger partial charge in [-0.25, -0.2) is 8.42 Å². The molecule has 2 heterocycles. The molecule has 0 saturated carbocycles. The van der Waals surface area contributed by atoms with Crippen molar-refractivity contribution in [1.82, 2.24) is 9.62 Å². The third-order valence-corrected chi connectivity index (χ3v) is 5.48. The predicted octanol–water partition coefficient (Wildman–Crippen LogP) is 1.02. The molecule has 1 fully saturated rings. The molecular weight excluding hydrogens is 320 g/mol. The van der Waals surface area contributed by atoms with Crippen molar-refractivity contribution in [3.05, 3.63) is 23.8 Å². The molecule has 126 valence electrons. The summed E-state index contributed by atoms with van der Waals surface area (Å²) in [6.45, 7) is 2.45. The van der Waals surface area contributed by atoms with Crippen LogP contribution in [0.5, 0.6) is 11.5 Å². The molecule has 2 aliphatic heterocycles. The van der Waals surface area contributed by atoms with E-state index in [-0.39, 0.29) is 18.7 Å². The summed E-state index contributed by atoms with van der Waals surface area (Å²) >= 11 is 0. The topological polar surface area (TPSA) is 84.9 Å². The number of fused-ring (bicyclic) bond motifs is 1. The maximum Gasteiger partial charge on any atom is 0.238 e. The van der Waals surface area contributed by atoms with Crippen molar-refractivity contribution in [3.63, 3.8) is 0 Å². The molecule has 1 N–H and O–H groups in total. The number of nitrogens with zero attached hydrogens (tertiary/aromatic N) is 1. The van der Waals surface area contributed by atoms with Crippen molar-refractivity contribution in [2.24, 2.45) is 0 Å². The molecule has 2 atom stereocenters. The molecule has 0 spiro atoms. The Morgan fingerprint density at radius 2 is 2.09 bits per heavy atom. The van der Waals surface area contributed by atoms with Crippen molar-refractivity contribution in [2.45, 2.75) is 31.8 Å². The van der Waals surface area contributed by atoms with Crippen molar-refractivity contribution in [1.29, 1.82) is 0 Å². The van der Waals surface area contributed by atoms with E-state index >= 15 is 0 Å². The van der Waals surface area contributed by atoms with Crippen LogP contribution in [0.2, 0.25) is 0 Å². The lowest BCUT2D eigenvalue weighted by molar-refractivity contribution is -0.124. The summed E-state index contributed by atoms with van der Waals surface area (Å²) in [6, 6.07) is 4.62. The number of ether oxygens (including phenoxy) is 2. The highest BCUT2D eigenvalue weighted by Crippen LogP contribution is 2.34. The van der Waals surface area contributed by atoms with E-state index in [0.717, 1.165) is 11.8 Å². The standard InChI is InChI=1S/C15H20N2O5S/c1-10(11-5-6-13-14(8-11)22-9-21-13)16-15(18)12-4-3-7-17(12)23(2,19)20/h5-6,8,10,12H,3-4,7,9H2,1-2H3,(H,16,18)/t10-,12-/m0/s1. The van der Waals surface area contributed by atoms with E-state index in [9.17, 15) is 13.2 Å². The van der Waals surface area contributed by atoms with Gasteiger partial charge in [-0.15, -0.1) is 0 Å². The molecule has 1 aromatic carbocycles. The fourth-order valence-electron chi connectivity index (χ4n) is 2.97. The van der Waals surface area contributed by atoms with Crippen molar-refractivity contribution in [3.8, 4) is 11.5 Å². The van der Waals surface area contributed by atoms with Crippen LogP contribution in [0, 0.1) is 0 Å². The number of sulfonamides is 1. The molecule has 7 nitrogen and oxygen atoms in total. The summed E-state index contributed by atoms with van der Waals surface area (Å²) in [5, 5.41) is 2.89. The number of carbonyl (C=O) groups excluding carboxylic acids is 1. The lowest BCUT2D eigenvalue weighted by atomic mass is 10.1. The Kier molecular flexibility index (Phi) is 4.20. The van der Waals surface area contributed by atoms with Crippen LogP contribution in [0.3, 0.4) is 0 Å². The van der Waals surface area contributed by atoms with E-state index in [4.69, 9.17) is 9.47 Å². The summed E-state index contributed by atoms with van der Waals surface area (Å²) in [4.78, 5) is 12.4. The minimum absolute atomic E-state index is 0.199. The van der Waals surface area contributed by atoms with Gasteiger partial charge >= 0.3 is 0 Å². The largest absolute Gasteiger partial charge is 0.454 e. The number of amides is 1. The van der Waals surface area contributed by atoms with Crippen molar-refractivity contribution < 1.29 is 22.7 Å². The summed E-state index contributed by atoms with van der Waals surface area (Å²) in [7, 11) is -3.37. The zero-order valence-electron chi connectivity index (χ0n) is 13.1. The monoisotopic (exact) mass is 340 g/mol. The highest BCUT2D eigenvalue weighted by Gasteiger charge is 2.36. The summed E-state index contributed by atoms with van der Waals surface area (Å²) < 4.78 is 35.4. The van der Waals surface area contributed by atoms with Crippen LogP contribution in [0.25, 0.3) is 0 Å². The van der Waals surface area contributed by atoms with E-state index in [2.05, 4.69) is 5.32 Å². The summed E-state index contributed by atoms with van der Waals surface area (Å²) in [6.07, 6.45) is 2.39. The first-order valence-corrected chi connectivity index (χ1v) is 9.38. The third kappa shape index (κ3) is 3.28. The number of benzene rings is 1. The molecule has 1 amide bonds. The molecule has 0 aliphatic carbocycles. The number of hydrogen-bond acceptors (Lipinski definition) is 5. The Labute approximate surface area is 135 Å². The average Bonchev–Trinajstić information content (AvgIpc) is 3.14. The van der Waals surface area contributed by atoms with Gasteiger partial charge in [0.2, 0.25) is 22.7 Å². The van der Waals surface area contributed by atoms with Crippen LogP contribution in [0.15, 0.2) is 18.2 Å². The smallest absolute Gasteiger partial charge is 0.238 e. The zero-order valence-corrected chi connectivity index (χ0v) is 13.9. The average molecular weight is 340 g/mol. The molecular formula is C15H20N2O5S. The van der Waals surface area contributed by atoms with Gasteiger partial charge in [0, 0.05) is 6.54 Å². The van der Waals surface area contributed by atoms with Gasteiger partial charge in [-0.1, -0.05) is 6.07 Å². The first kappa shape index (κ1) is 16.1. The van der Waals surface area contributed by atoms with Gasteiger partial charge in [0.25, 0.3) is 0 Å². The molecule has 1 saturated heterocycles. The highest BCUT2D eigenvalue weighted by molar-refractivity contribution is 7.88. The highest BCUT2D eigenvalue weighted by atomic mass is 32.2. The minimum atomic E-state index is -3.37. The van der Waals surface area contributed by atoms with E-state index in [1.54, 1.807) is 6.07 Å². The van der Waals surface area contributed by atoms with E-state index < -0.39 is 16.1 Å². The fourth-order valence-corrected chi connectivity index (χ4v) is 4.10. The van der Waals surface area contributed by atoms with Gasteiger partial charge in [0.15, 0.2) is 11.5 Å². The van der Waals surface area contributed by atoms with Crippen LogP contribution in [0.1, 0.15) is 31.4 Å². The maximum atomic E-state index is 12.4. The van der Waals surface area contributed by atoms with Gasteiger partial charge in [0.05, 0.1) is 12.3 Å². The fraction of sp³-hybridized carbons (Fsp3) is 0.533. The Bertz CT molecular complexity index is 719. The molecule has 2 aliphatic rings. The minimum Gasteiger partial charge on any atom is -0.454 e. The first-order valence-electron chi connectivity index (χ1n) is 7.53. The molecule has 8 heteroatoms. The third-order valence-electron chi connectivity index (χ3n) is 4.19. The SMILES string of the molecule is C[C@H](NC(=O)[C@@H]1CCCN1S(C)(=O)=O)c1ccc2c(c1)OCO2. The summed E-state index contributed by atoms with van der Waals surface area (Å²) in [5.74, 6) is 1.08. The molecule has 0 aromatic heterocycles. The van der Waals surface area contributed by atoms with E-state index in [1.165, 1.54) is 4.31 Å². The van der Waals surface area contributed by atoms with Gasteiger partial charge in [-0.05, 0) is 37.5 Å². The number of carbonyl (C=O) groups is 1. The van der Waals surface area contributed by atoms with Crippen LogP contribution in [-0.2, 0) is 14.8 Å². The van der Waals surface area contributed by atoms with Gasteiger partial charge < -0.3 is 14.8 Å². The Morgan fingerprint density at radius 1 is 1.35 bits per heavy atom. The first-order chi connectivity index (χ1) is 10.9. The van der Waals surface area contributed by atoms with Crippen molar-refractivity contribution in [2.75, 3.05) is 19.6 Å².